The number of imide groups is 4. The number of nitrogens with one attached hydrogen (secondary N) is 6. The lowest BCUT2D eigenvalue weighted by Crippen LogP contribution is -2.63. The van der Waals surface area contributed by atoms with Gasteiger partial charge in [0.25, 0.3) is 11.8 Å². The van der Waals surface area contributed by atoms with Crippen LogP contribution in [0, 0.1) is 0 Å². The van der Waals surface area contributed by atoms with Crippen LogP contribution in [0.1, 0.15) is 182 Å². The number of amides is 13. The number of rotatable bonds is 12. The minimum atomic E-state index is -1.11. The summed E-state index contributed by atoms with van der Waals surface area (Å²) in [5.74, 6) is -4.99. The summed E-state index contributed by atoms with van der Waals surface area (Å²) < 4.78 is 16.6. The second kappa shape index (κ2) is 43.8. The highest BCUT2D eigenvalue weighted by Gasteiger charge is 2.45. The van der Waals surface area contributed by atoms with Crippen LogP contribution in [0.4, 0.5) is 37.1 Å². The fraction of sp³-hybridized carbons (Fsp3) is 0.579. The first-order valence-corrected chi connectivity index (χ1v) is 47.1. The lowest BCUT2D eigenvalue weighted by molar-refractivity contribution is -0.138. The van der Waals surface area contributed by atoms with Crippen LogP contribution >= 0.6 is 12.4 Å². The van der Waals surface area contributed by atoms with E-state index >= 15 is 0 Å². The standard InChI is InChI=1S/C25H35N5O6.C25H33N5O5.C20H25N5O3.C20H27N3O5.C5H8N2O2.ClH/c1-25(2,3)36-24(35)30-11-9-28-8-10-29(14-18(28)15-30)17-4-5-19(23(33)34)16(12-17)13-26-20-6-7-21(31)27-22(20)32;1-25(2,3)35-24(34)29-11-9-27-8-10-28(14-18(27)15-29)17-4-5-19-16(12-17)13-30(23(19)33)20-6-7-21(31)26-22(20)32;26-18-4-3-17(19(27)22-18)25-11-13-9-14(1-2-16(13)20(25)28)24-8-7-23-6-5-21-10-15(23)12-24;1-20(2,3)28-19(27)23-9-7-21-6-8-22(11-16(21)12-23)15-4-5-17(18(25)26)14(10-15)13-24;6-3-1-2-4(8)7-5(3)9;/h4-5,12,18,20,26H,6-11,13-15H2,1-3H3,(H,33,34)(H,27,31,32);4-5,12,18,20H,6-11,13-15H2,1-3H3,(H,26,31,32);1-2,9,15,17,21H,3-8,10-12H2,(H,22,26,27);4-5,10,13,16H,6-9,11-12H2,1-3H3,(H,25,26);3H,1-2,6H2,(H,7,8,9);1H. The first-order valence-electron chi connectivity index (χ1n) is 47.1. The van der Waals surface area contributed by atoms with Gasteiger partial charge in [-0.25, -0.2) is 24.0 Å². The Labute approximate surface area is 802 Å². The Morgan fingerprint density at radius 2 is 0.781 bits per heavy atom. The molecule has 8 unspecified atom stereocenters. The van der Waals surface area contributed by atoms with Gasteiger partial charge in [-0.05, 0) is 177 Å². The molecular formula is C95H129ClN20O21. The molecule has 12 fully saturated rings. The van der Waals surface area contributed by atoms with Crippen LogP contribution in [-0.2, 0) is 72.2 Å². The zero-order valence-electron chi connectivity index (χ0n) is 79.3. The lowest BCUT2D eigenvalue weighted by atomic mass is 10.0. The van der Waals surface area contributed by atoms with Gasteiger partial charge >= 0.3 is 30.2 Å². The second-order valence-corrected chi connectivity index (χ2v) is 39.8. The van der Waals surface area contributed by atoms with E-state index in [1.165, 1.54) is 6.07 Å². The van der Waals surface area contributed by atoms with Gasteiger partial charge in [-0.2, -0.15) is 0 Å². The molecule has 18 rings (SSSR count). The number of piperidine rings is 4. The van der Waals surface area contributed by atoms with Crippen molar-refractivity contribution < 1.29 is 101 Å². The SMILES string of the molecule is CC(C)(C)OC(=O)N1CCN2CCN(c3ccc(C(=O)O)c(C=O)c3)CC2C1.CC(C)(C)OC(=O)N1CCN2CCN(c3ccc(C(=O)O)c(CNC4CCC(=O)NC4=O)c3)CC2C1.CC(C)(C)OC(=O)N1CCN2CCN(c3ccc4c(c3)CN(C3CCC(=O)NC3=O)C4=O)CC2C1.Cl.NC1CCC(=O)NC1=O.O=C1CCC(N2Cc3cc(N4CCN5CCNCC5C4)ccc3C2=O)C(=O)N1. The molecule has 742 valence electrons. The van der Waals surface area contributed by atoms with Gasteiger partial charge in [-0.15, -0.1) is 12.4 Å². The van der Waals surface area contributed by atoms with Crippen molar-refractivity contribution in [2.45, 2.75) is 198 Å². The number of anilines is 4. The average Bonchev–Trinajstić information content (AvgIpc) is 1.62. The quantitative estimate of drug-likeness (QED) is 0.0559. The van der Waals surface area contributed by atoms with Crippen molar-refractivity contribution >= 4 is 131 Å². The van der Waals surface area contributed by atoms with E-state index in [-0.39, 0.29) is 144 Å². The lowest BCUT2D eigenvalue weighted by Gasteiger charge is -2.47. The number of carbonyl (C=O) groups is 16. The molecular weight excluding hydrogens is 1790 g/mol. The molecule has 10 N–H and O–H groups in total. The number of ether oxygens (including phenoxy) is 3. The second-order valence-electron chi connectivity index (χ2n) is 39.8. The summed E-state index contributed by atoms with van der Waals surface area (Å²) >= 11 is 0. The van der Waals surface area contributed by atoms with E-state index < -0.39 is 58.8 Å². The molecule has 0 aliphatic carbocycles. The van der Waals surface area contributed by atoms with E-state index in [9.17, 15) is 86.9 Å². The van der Waals surface area contributed by atoms with Crippen molar-refractivity contribution in [3.63, 3.8) is 0 Å². The van der Waals surface area contributed by atoms with Crippen LogP contribution < -0.4 is 57.2 Å². The Morgan fingerprint density at radius 3 is 1.17 bits per heavy atom. The summed E-state index contributed by atoms with van der Waals surface area (Å²) in [6.45, 7) is 37.4. The Balaban J connectivity index is 0.000000150. The molecule has 0 saturated carbocycles. The van der Waals surface area contributed by atoms with Crippen LogP contribution in [0.2, 0.25) is 0 Å². The monoisotopic (exact) mass is 1920 g/mol. The number of nitrogens with zero attached hydrogens (tertiary/aromatic N) is 13. The van der Waals surface area contributed by atoms with E-state index in [4.69, 9.17) is 19.9 Å². The maximum absolute atomic E-state index is 13.0. The number of aldehydes is 1. The third-order valence-electron chi connectivity index (χ3n) is 26.8. The predicted molar refractivity (Wildman–Crippen MR) is 504 cm³/mol. The van der Waals surface area contributed by atoms with Gasteiger partial charge in [0.15, 0.2) is 6.29 Å². The maximum atomic E-state index is 13.0. The number of carboxylic acid groups (broad SMARTS) is 2. The molecule has 0 spiro atoms. The molecule has 4 aromatic carbocycles. The number of fused-ring (bicyclic) bond motifs is 6. The number of carbonyl (C=O) groups excluding carboxylic acids is 14. The first kappa shape index (κ1) is 102. The number of halogens is 1. The fourth-order valence-corrected chi connectivity index (χ4v) is 19.7. The summed E-state index contributed by atoms with van der Waals surface area (Å²) in [6, 6.07) is 20.8. The zero-order valence-corrected chi connectivity index (χ0v) is 80.1. The summed E-state index contributed by atoms with van der Waals surface area (Å²) in [4.78, 5) is 217. The van der Waals surface area contributed by atoms with Crippen molar-refractivity contribution in [3.8, 4) is 0 Å². The molecule has 4 aromatic rings. The van der Waals surface area contributed by atoms with Gasteiger partial charge in [0.1, 0.15) is 28.9 Å². The zero-order chi connectivity index (χ0) is 97.5. The molecule has 14 aliphatic rings. The smallest absolute Gasteiger partial charge is 0.410 e. The van der Waals surface area contributed by atoms with Gasteiger partial charge in [-0.3, -0.25) is 93.6 Å². The molecule has 41 nitrogen and oxygen atoms in total. The molecule has 137 heavy (non-hydrogen) atoms. The molecule has 12 saturated heterocycles. The van der Waals surface area contributed by atoms with Gasteiger partial charge in [0.05, 0.1) is 23.2 Å². The van der Waals surface area contributed by atoms with Crippen LogP contribution in [0.3, 0.4) is 0 Å². The fourth-order valence-electron chi connectivity index (χ4n) is 19.7. The number of aromatic carboxylic acids is 2. The number of hydrogen-bond donors (Lipinski definition) is 9. The number of piperazine rings is 8. The van der Waals surface area contributed by atoms with Crippen molar-refractivity contribution in [1.29, 1.82) is 0 Å². The van der Waals surface area contributed by atoms with Crippen molar-refractivity contribution in [2.75, 3.05) is 177 Å². The van der Waals surface area contributed by atoms with Gasteiger partial charge in [0.2, 0.25) is 47.3 Å². The van der Waals surface area contributed by atoms with Crippen LogP contribution in [-0.4, -0.2) is 372 Å². The van der Waals surface area contributed by atoms with E-state index in [1.54, 1.807) is 42.7 Å². The third-order valence-corrected chi connectivity index (χ3v) is 26.8. The predicted octanol–water partition coefficient (Wildman–Crippen LogP) is 2.86. The molecule has 14 aliphatic heterocycles. The number of nitrogens with two attached hydrogens (primary N) is 1. The number of carboxylic acids is 2. The van der Waals surface area contributed by atoms with Gasteiger partial charge < -0.3 is 84.9 Å². The van der Waals surface area contributed by atoms with Gasteiger partial charge in [0, 0.05) is 266 Å². The molecule has 8 atom stereocenters. The Morgan fingerprint density at radius 1 is 0.423 bits per heavy atom. The highest BCUT2D eigenvalue weighted by Crippen LogP contribution is 2.36. The Bertz CT molecular complexity index is 5280. The first-order chi connectivity index (χ1) is 64.6. The van der Waals surface area contributed by atoms with Gasteiger partial charge in [-0.1, -0.05) is 0 Å². The van der Waals surface area contributed by atoms with Crippen molar-refractivity contribution in [1.82, 2.24) is 76.0 Å². The van der Waals surface area contributed by atoms with Crippen LogP contribution in [0.25, 0.3) is 0 Å². The molecule has 0 radical (unpaired) electrons. The topological polar surface area (TPSA) is 482 Å². The maximum Gasteiger partial charge on any atom is 0.410 e. The number of benzene rings is 4. The molecule has 0 aromatic heterocycles. The largest absolute Gasteiger partial charge is 0.478 e. The molecule has 13 amide bonds. The molecule has 0 bridgehead atoms. The minimum absolute atomic E-state index is 0. The average molecular weight is 1920 g/mol. The van der Waals surface area contributed by atoms with E-state index in [2.05, 4.69) is 77.2 Å². The van der Waals surface area contributed by atoms with E-state index in [0.29, 0.717) is 127 Å². The summed E-state index contributed by atoms with van der Waals surface area (Å²) in [6.07, 6.45) is 2.47. The van der Waals surface area contributed by atoms with E-state index in [1.807, 2.05) is 105 Å². The van der Waals surface area contributed by atoms with E-state index in [0.717, 1.165) is 139 Å². The highest BCUT2D eigenvalue weighted by atomic mass is 35.5. The van der Waals surface area contributed by atoms with Crippen LogP contribution in [0.5, 0.6) is 0 Å². The molecule has 14 heterocycles. The Kier molecular flexibility index (Phi) is 32.7. The number of hydrogen-bond acceptors (Lipinski definition) is 30. The van der Waals surface area contributed by atoms with Crippen LogP contribution in [0.15, 0.2) is 72.8 Å². The summed E-state index contributed by atoms with van der Waals surface area (Å²) in [5.41, 5.74) is 11.7. The minimum Gasteiger partial charge on any atom is -0.478 e. The van der Waals surface area contributed by atoms with Crippen molar-refractivity contribution in [2.24, 2.45) is 5.73 Å². The Hall–Kier alpha value is -12.0. The highest BCUT2D eigenvalue weighted by molar-refractivity contribution is 6.07. The molecule has 42 heteroatoms. The van der Waals surface area contributed by atoms with Crippen molar-refractivity contribution in [3.05, 3.63) is 117 Å². The normalized spacial score (nSPS) is 24.4. The summed E-state index contributed by atoms with van der Waals surface area (Å²) in [7, 11) is 0. The summed E-state index contributed by atoms with van der Waals surface area (Å²) in [5, 5.41) is 34.6. The third kappa shape index (κ3) is 25.7.